The van der Waals surface area contributed by atoms with Gasteiger partial charge in [-0.3, -0.25) is 0 Å². The quantitative estimate of drug-likeness (QED) is 0.206. The highest BCUT2D eigenvalue weighted by atomic mass is 32.1. The van der Waals surface area contributed by atoms with E-state index in [2.05, 4.69) is 17.8 Å². The van der Waals surface area contributed by atoms with Crippen molar-refractivity contribution in [1.82, 2.24) is 0 Å². The van der Waals surface area contributed by atoms with Crippen LogP contribution in [0.25, 0.3) is 0 Å². The van der Waals surface area contributed by atoms with Gasteiger partial charge in [0.25, 0.3) is 0 Å². The molecule has 0 bridgehead atoms. The van der Waals surface area contributed by atoms with Crippen molar-refractivity contribution >= 4 is 18.8 Å². The summed E-state index contributed by atoms with van der Waals surface area (Å²) in [5.41, 5.74) is 0. The molecular weight excluding hydrogens is 98.1 g/mol. The summed E-state index contributed by atoms with van der Waals surface area (Å²) in [5, 5.41) is 10.1. The number of hydrogen-bond donors (Lipinski definition) is 2. The molecule has 2 nitrogen and oxygen atoms in total. The Hall–Kier alpha value is -0.180. The maximum Gasteiger partial charge on any atom is 0.0404 e. The normalized spacial score (nSPS) is 7.17. The number of thiol groups is 1. The minimum Gasteiger partial charge on any atom is -0.411 e. The van der Waals surface area contributed by atoms with Gasteiger partial charge < -0.3 is 5.21 Å². The van der Waals surface area contributed by atoms with E-state index in [1.165, 1.54) is 6.21 Å². The van der Waals surface area contributed by atoms with Crippen molar-refractivity contribution in [3.05, 3.63) is 0 Å². The van der Waals surface area contributed by atoms with Crippen LogP contribution in [0.1, 0.15) is 6.92 Å². The number of rotatable bonds is 0. The molecule has 0 heterocycles. The molecule has 38 valence electrons. The zero-order valence-electron chi connectivity index (χ0n) is 3.92. The molecule has 0 aliphatic carbocycles. The van der Waals surface area contributed by atoms with Crippen LogP contribution in [0, 0.1) is 0 Å². The van der Waals surface area contributed by atoms with Crippen LogP contribution < -0.4 is 0 Å². The van der Waals surface area contributed by atoms with Gasteiger partial charge in [0, 0.05) is 6.21 Å². The number of nitrogens with zero attached hydrogens (tertiary/aromatic N) is 1. The van der Waals surface area contributed by atoms with Crippen molar-refractivity contribution in [3.63, 3.8) is 0 Å². The van der Waals surface area contributed by atoms with E-state index in [0.717, 1.165) is 0 Å². The molecule has 0 rings (SSSR count). The first-order chi connectivity index (χ1) is 2.91. The molecule has 0 amide bonds. The molecule has 3 heteroatoms. The Morgan fingerprint density at radius 3 is 1.83 bits per heavy atom. The highest BCUT2D eigenvalue weighted by Crippen LogP contribution is 1.38. The molecule has 1 N–H and O–H groups in total. The first kappa shape index (κ1) is 9.27. The van der Waals surface area contributed by atoms with Crippen molar-refractivity contribution in [2.24, 2.45) is 5.16 Å². The molecule has 0 aliphatic heterocycles. The molecule has 0 aliphatic rings. The van der Waals surface area contributed by atoms with E-state index in [9.17, 15) is 0 Å². The second kappa shape index (κ2) is 21.2. The third-order valence-electron chi connectivity index (χ3n) is 0.115. The molecule has 0 spiro atoms. The summed E-state index contributed by atoms with van der Waals surface area (Å²) in [6.07, 6.45) is 3.00. The first-order valence-electron chi connectivity index (χ1n) is 1.48. The lowest BCUT2D eigenvalue weighted by atomic mass is 10.9. The Labute approximate surface area is 43.3 Å². The molecule has 0 fully saturated rings. The lowest BCUT2D eigenvalue weighted by molar-refractivity contribution is 0.321. The van der Waals surface area contributed by atoms with Crippen molar-refractivity contribution in [2.45, 2.75) is 6.92 Å². The Morgan fingerprint density at radius 2 is 1.83 bits per heavy atom. The Kier molecular flexibility index (Phi) is 32.8. The van der Waals surface area contributed by atoms with Crippen LogP contribution in [0.4, 0.5) is 0 Å². The minimum absolute atomic E-state index is 1.31. The molecule has 0 aromatic rings. The summed E-state index contributed by atoms with van der Waals surface area (Å²) in [4.78, 5) is 0. The zero-order valence-corrected chi connectivity index (χ0v) is 4.81. The molecule has 6 heavy (non-hydrogen) atoms. The lowest BCUT2D eigenvalue weighted by Crippen LogP contribution is -1.49. The second-order valence-corrected chi connectivity index (χ2v) is 0.374. The molecule has 0 atom stereocenters. The molecule has 0 saturated heterocycles. The maximum absolute atomic E-state index is 7.44. The molecule has 0 unspecified atom stereocenters. The third kappa shape index (κ3) is 45.2. The van der Waals surface area contributed by atoms with Gasteiger partial charge in [-0.2, -0.15) is 12.6 Å². The Morgan fingerprint density at radius 1 is 1.67 bits per heavy atom. The largest absolute Gasteiger partial charge is 0.411 e. The van der Waals surface area contributed by atoms with Crippen molar-refractivity contribution in [2.75, 3.05) is 6.26 Å². The SMILES string of the molecule is CC=NO.CS. The van der Waals surface area contributed by atoms with Gasteiger partial charge in [0.1, 0.15) is 0 Å². The van der Waals surface area contributed by atoms with E-state index in [1.54, 1.807) is 13.2 Å². The minimum atomic E-state index is 1.31. The maximum atomic E-state index is 7.44. The summed E-state index contributed by atoms with van der Waals surface area (Å²) in [7, 11) is 0. The topological polar surface area (TPSA) is 32.6 Å². The summed E-state index contributed by atoms with van der Waals surface area (Å²) in [6.45, 7) is 1.64. The van der Waals surface area contributed by atoms with E-state index < -0.39 is 0 Å². The lowest BCUT2D eigenvalue weighted by Gasteiger charge is -1.54. The fourth-order valence-electron chi connectivity index (χ4n) is 0. The average molecular weight is 107 g/mol. The first-order valence-corrected chi connectivity index (χ1v) is 2.38. The van der Waals surface area contributed by atoms with E-state index in [4.69, 9.17) is 5.21 Å². The Balaban J connectivity index is 0. The van der Waals surface area contributed by atoms with Crippen LogP contribution >= 0.6 is 12.6 Å². The van der Waals surface area contributed by atoms with Gasteiger partial charge in [0.15, 0.2) is 0 Å². The monoisotopic (exact) mass is 107 g/mol. The van der Waals surface area contributed by atoms with Gasteiger partial charge in [-0.15, -0.1) is 5.16 Å². The van der Waals surface area contributed by atoms with Gasteiger partial charge in [-0.25, -0.2) is 0 Å². The summed E-state index contributed by atoms with van der Waals surface area (Å²) in [5.74, 6) is 0. The summed E-state index contributed by atoms with van der Waals surface area (Å²) in [6, 6.07) is 0. The molecule has 0 radical (unpaired) electrons. The van der Waals surface area contributed by atoms with E-state index in [0.29, 0.717) is 0 Å². The zero-order chi connectivity index (χ0) is 5.41. The highest BCUT2D eigenvalue weighted by Gasteiger charge is 1.34. The van der Waals surface area contributed by atoms with Gasteiger partial charge >= 0.3 is 0 Å². The fraction of sp³-hybridized carbons (Fsp3) is 0.667. The smallest absolute Gasteiger partial charge is 0.0404 e. The van der Waals surface area contributed by atoms with Crippen LogP contribution in [-0.4, -0.2) is 17.7 Å². The number of oxime groups is 1. The van der Waals surface area contributed by atoms with E-state index in [-0.39, 0.29) is 0 Å². The summed E-state index contributed by atoms with van der Waals surface area (Å²) >= 11 is 3.53. The molecule has 0 aromatic carbocycles. The van der Waals surface area contributed by atoms with Crippen molar-refractivity contribution < 1.29 is 5.21 Å². The van der Waals surface area contributed by atoms with Gasteiger partial charge in [0.05, 0.1) is 0 Å². The van der Waals surface area contributed by atoms with Crippen LogP contribution in [0.3, 0.4) is 0 Å². The van der Waals surface area contributed by atoms with Crippen LogP contribution in [0.2, 0.25) is 0 Å². The Bertz CT molecular complexity index is 26.0. The highest BCUT2D eigenvalue weighted by molar-refractivity contribution is 7.79. The average Bonchev–Trinajstić information content (AvgIpc) is 1.72. The van der Waals surface area contributed by atoms with Crippen LogP contribution in [-0.2, 0) is 0 Å². The third-order valence-corrected chi connectivity index (χ3v) is 0.115. The molecular formula is C3H9NOS. The van der Waals surface area contributed by atoms with Crippen LogP contribution in [0.15, 0.2) is 5.16 Å². The summed E-state index contributed by atoms with van der Waals surface area (Å²) < 4.78 is 0. The fourth-order valence-corrected chi connectivity index (χ4v) is 0. The van der Waals surface area contributed by atoms with Gasteiger partial charge in [-0.1, -0.05) is 0 Å². The second-order valence-electron chi connectivity index (χ2n) is 0.374. The predicted octanol–water partition coefficient (Wildman–Crippen LogP) is 1.01. The van der Waals surface area contributed by atoms with Gasteiger partial charge in [-0.05, 0) is 13.2 Å². The predicted molar refractivity (Wildman–Crippen MR) is 30.9 cm³/mol. The van der Waals surface area contributed by atoms with E-state index in [1.807, 2.05) is 0 Å². The van der Waals surface area contributed by atoms with Gasteiger partial charge in [0.2, 0.25) is 0 Å². The van der Waals surface area contributed by atoms with Crippen molar-refractivity contribution in [3.8, 4) is 0 Å². The molecule has 0 saturated carbocycles. The molecule has 0 aromatic heterocycles. The standard InChI is InChI=1S/C2H5NO.CH4S/c1-2-3-4;1-2/h2,4H,1H3;2H,1H3. The number of hydrogen-bond acceptors (Lipinski definition) is 3. The van der Waals surface area contributed by atoms with Crippen LogP contribution in [0.5, 0.6) is 0 Å². The van der Waals surface area contributed by atoms with E-state index >= 15 is 0 Å². The van der Waals surface area contributed by atoms with Crippen molar-refractivity contribution in [1.29, 1.82) is 0 Å².